The summed E-state index contributed by atoms with van der Waals surface area (Å²) in [5, 5.41) is 9.61. The maximum absolute atomic E-state index is 10.8. The SMILES string of the molecule is O=CC1=CC=NCC1=Cc1ccccc1O. The van der Waals surface area contributed by atoms with Gasteiger partial charge >= 0.3 is 0 Å². The molecule has 80 valence electrons. The third kappa shape index (κ3) is 2.08. The lowest BCUT2D eigenvalue weighted by Crippen LogP contribution is -2.01. The number of phenolic OH excluding ortho intramolecular Hbond substituents is 1. The minimum atomic E-state index is 0.204. The molecule has 1 aromatic rings. The minimum absolute atomic E-state index is 0.204. The summed E-state index contributed by atoms with van der Waals surface area (Å²) in [6, 6.07) is 7.00. The maximum Gasteiger partial charge on any atom is 0.150 e. The summed E-state index contributed by atoms with van der Waals surface area (Å²) < 4.78 is 0. The molecule has 0 bridgehead atoms. The van der Waals surface area contributed by atoms with E-state index in [1.807, 2.05) is 6.07 Å². The number of dihydropyridines is 1. The van der Waals surface area contributed by atoms with Crippen LogP contribution < -0.4 is 0 Å². The molecule has 1 aliphatic heterocycles. The van der Waals surface area contributed by atoms with Gasteiger partial charge in [0.1, 0.15) is 12.0 Å². The minimum Gasteiger partial charge on any atom is -0.507 e. The number of hydrogen-bond acceptors (Lipinski definition) is 3. The Labute approximate surface area is 93.5 Å². The second-order valence-electron chi connectivity index (χ2n) is 3.46. The highest BCUT2D eigenvalue weighted by Crippen LogP contribution is 2.22. The van der Waals surface area contributed by atoms with Crippen molar-refractivity contribution in [3.63, 3.8) is 0 Å². The summed E-state index contributed by atoms with van der Waals surface area (Å²) in [4.78, 5) is 14.9. The highest BCUT2D eigenvalue weighted by molar-refractivity contribution is 5.92. The molecule has 1 aliphatic rings. The van der Waals surface area contributed by atoms with Crippen molar-refractivity contribution in [1.82, 2.24) is 0 Å². The molecule has 2 rings (SSSR count). The van der Waals surface area contributed by atoms with Crippen molar-refractivity contribution < 1.29 is 9.90 Å². The molecule has 0 aromatic heterocycles. The number of carbonyl (C=O) groups is 1. The first-order valence-corrected chi connectivity index (χ1v) is 4.95. The molecular formula is C13H11NO2. The fraction of sp³-hybridized carbons (Fsp3) is 0.0769. The largest absolute Gasteiger partial charge is 0.507 e. The van der Waals surface area contributed by atoms with Gasteiger partial charge in [-0.1, -0.05) is 18.2 Å². The molecule has 0 atom stereocenters. The highest BCUT2D eigenvalue weighted by Gasteiger charge is 2.07. The summed E-state index contributed by atoms with van der Waals surface area (Å²) in [5.74, 6) is 0.204. The van der Waals surface area contributed by atoms with Crippen molar-refractivity contribution in [3.8, 4) is 5.75 Å². The smallest absolute Gasteiger partial charge is 0.150 e. The number of aromatic hydroxyl groups is 1. The Bertz CT molecular complexity index is 498. The first-order valence-electron chi connectivity index (χ1n) is 4.95. The summed E-state index contributed by atoms with van der Waals surface area (Å²) in [6.45, 7) is 0.471. The van der Waals surface area contributed by atoms with Gasteiger partial charge in [-0.05, 0) is 23.8 Å². The maximum atomic E-state index is 10.8. The average Bonchev–Trinajstić information content (AvgIpc) is 2.33. The molecule has 0 radical (unpaired) electrons. The zero-order valence-electron chi connectivity index (χ0n) is 8.63. The Morgan fingerprint density at radius 2 is 2.12 bits per heavy atom. The van der Waals surface area contributed by atoms with Gasteiger partial charge in [-0.15, -0.1) is 0 Å². The van der Waals surface area contributed by atoms with Gasteiger partial charge in [0, 0.05) is 17.4 Å². The van der Waals surface area contributed by atoms with Gasteiger partial charge in [0.15, 0.2) is 0 Å². The Morgan fingerprint density at radius 3 is 2.88 bits per heavy atom. The fourth-order valence-electron chi connectivity index (χ4n) is 1.52. The van der Waals surface area contributed by atoms with Gasteiger partial charge in [0.2, 0.25) is 0 Å². The van der Waals surface area contributed by atoms with E-state index in [-0.39, 0.29) is 5.75 Å². The van der Waals surface area contributed by atoms with Crippen molar-refractivity contribution >= 4 is 18.6 Å². The highest BCUT2D eigenvalue weighted by atomic mass is 16.3. The molecule has 1 heterocycles. The molecule has 3 heteroatoms. The number of hydrogen-bond donors (Lipinski definition) is 1. The van der Waals surface area contributed by atoms with E-state index in [1.54, 1.807) is 36.6 Å². The molecule has 16 heavy (non-hydrogen) atoms. The summed E-state index contributed by atoms with van der Waals surface area (Å²) in [6.07, 6.45) is 5.87. The Hall–Kier alpha value is -2.16. The molecule has 0 aliphatic carbocycles. The van der Waals surface area contributed by atoms with Gasteiger partial charge < -0.3 is 5.11 Å². The number of carbonyl (C=O) groups excluding carboxylic acids is 1. The van der Waals surface area contributed by atoms with Gasteiger partial charge in [-0.3, -0.25) is 9.79 Å². The van der Waals surface area contributed by atoms with E-state index in [4.69, 9.17) is 0 Å². The van der Waals surface area contributed by atoms with E-state index in [0.29, 0.717) is 17.7 Å². The lowest BCUT2D eigenvalue weighted by molar-refractivity contribution is -0.104. The van der Waals surface area contributed by atoms with Crippen LogP contribution in [0.25, 0.3) is 6.08 Å². The number of para-hydroxylation sites is 1. The number of aldehydes is 1. The third-order valence-corrected chi connectivity index (χ3v) is 2.39. The first kappa shape index (κ1) is 10.4. The molecule has 0 fully saturated rings. The molecule has 0 saturated carbocycles. The predicted molar refractivity (Wildman–Crippen MR) is 63.6 cm³/mol. The van der Waals surface area contributed by atoms with Crippen molar-refractivity contribution in [3.05, 3.63) is 47.1 Å². The van der Waals surface area contributed by atoms with E-state index in [9.17, 15) is 9.90 Å². The lowest BCUT2D eigenvalue weighted by Gasteiger charge is -2.08. The molecule has 3 nitrogen and oxygen atoms in total. The molecule has 0 unspecified atom stereocenters. The van der Waals surface area contributed by atoms with Crippen LogP contribution in [0.3, 0.4) is 0 Å². The number of rotatable bonds is 2. The Kier molecular flexibility index (Phi) is 2.96. The Balaban J connectivity index is 2.38. The molecule has 0 amide bonds. The van der Waals surface area contributed by atoms with Gasteiger partial charge in [-0.2, -0.15) is 0 Å². The topological polar surface area (TPSA) is 49.7 Å². The van der Waals surface area contributed by atoms with Crippen molar-refractivity contribution in [2.24, 2.45) is 4.99 Å². The molecule has 0 saturated heterocycles. The summed E-state index contributed by atoms with van der Waals surface area (Å²) >= 11 is 0. The average molecular weight is 213 g/mol. The normalized spacial score (nSPS) is 17.2. The van der Waals surface area contributed by atoms with E-state index < -0.39 is 0 Å². The monoisotopic (exact) mass is 213 g/mol. The predicted octanol–water partition coefficient (Wildman–Crippen LogP) is 1.99. The molecule has 1 N–H and O–H groups in total. The number of aliphatic imine (C=N–C) groups is 1. The number of nitrogens with zero attached hydrogens (tertiary/aromatic N) is 1. The molecule has 1 aromatic carbocycles. The summed E-state index contributed by atoms with van der Waals surface area (Å²) in [7, 11) is 0. The van der Waals surface area contributed by atoms with Crippen LogP contribution in [-0.4, -0.2) is 24.2 Å². The second-order valence-corrected chi connectivity index (χ2v) is 3.46. The van der Waals surface area contributed by atoms with Gasteiger partial charge in [0.05, 0.1) is 6.54 Å². The number of benzene rings is 1. The van der Waals surface area contributed by atoms with Crippen LogP contribution in [0, 0.1) is 0 Å². The lowest BCUT2D eigenvalue weighted by atomic mass is 10.0. The van der Waals surface area contributed by atoms with E-state index in [2.05, 4.69) is 4.99 Å². The first-order chi connectivity index (χ1) is 7.81. The van der Waals surface area contributed by atoms with Crippen LogP contribution in [0.1, 0.15) is 5.56 Å². The van der Waals surface area contributed by atoms with Crippen molar-refractivity contribution in [1.29, 1.82) is 0 Å². The summed E-state index contributed by atoms with van der Waals surface area (Å²) in [5.41, 5.74) is 2.12. The van der Waals surface area contributed by atoms with Crippen LogP contribution in [0.4, 0.5) is 0 Å². The third-order valence-electron chi connectivity index (χ3n) is 2.39. The van der Waals surface area contributed by atoms with Crippen molar-refractivity contribution in [2.45, 2.75) is 0 Å². The van der Waals surface area contributed by atoms with E-state index >= 15 is 0 Å². The molecule has 0 spiro atoms. The quantitative estimate of drug-likeness (QED) is 0.764. The standard InChI is InChI=1S/C13H11NO2/c15-9-11-5-6-14-8-12(11)7-10-3-1-2-4-13(10)16/h1-7,9,16H,8H2. The fourth-order valence-corrected chi connectivity index (χ4v) is 1.52. The van der Waals surface area contributed by atoms with Gasteiger partial charge in [0.25, 0.3) is 0 Å². The second kappa shape index (κ2) is 4.57. The van der Waals surface area contributed by atoms with Crippen LogP contribution in [-0.2, 0) is 4.79 Å². The zero-order valence-corrected chi connectivity index (χ0v) is 8.63. The van der Waals surface area contributed by atoms with Crippen LogP contribution >= 0.6 is 0 Å². The Morgan fingerprint density at radius 1 is 1.31 bits per heavy atom. The van der Waals surface area contributed by atoms with Crippen LogP contribution in [0.2, 0.25) is 0 Å². The number of phenols is 1. The van der Waals surface area contributed by atoms with Crippen LogP contribution in [0.15, 0.2) is 46.5 Å². The van der Waals surface area contributed by atoms with Gasteiger partial charge in [-0.25, -0.2) is 0 Å². The van der Waals surface area contributed by atoms with Crippen molar-refractivity contribution in [2.75, 3.05) is 6.54 Å². The zero-order chi connectivity index (χ0) is 11.4. The molecular weight excluding hydrogens is 202 g/mol. The van der Waals surface area contributed by atoms with E-state index in [0.717, 1.165) is 11.9 Å². The van der Waals surface area contributed by atoms with E-state index in [1.165, 1.54) is 0 Å². The van der Waals surface area contributed by atoms with Crippen LogP contribution in [0.5, 0.6) is 5.75 Å². The number of allylic oxidation sites excluding steroid dienone is 1.